The minimum atomic E-state index is -4.17. The maximum atomic E-state index is 11.1. The first-order chi connectivity index (χ1) is 9.22. The smallest absolute Gasteiger partial charge is 0.329 e. The number of hydrogen-bond acceptors (Lipinski definition) is 3. The molecule has 0 aliphatic carbocycles. The maximum Gasteiger partial charge on any atom is 0.329 e. The fraction of sp³-hybridized carbons (Fsp3) is 0.308. The van der Waals surface area contributed by atoms with Crippen molar-refractivity contribution < 1.29 is 24.3 Å². The van der Waals surface area contributed by atoms with Crippen molar-refractivity contribution in [2.45, 2.75) is 18.9 Å². The zero-order valence-electron chi connectivity index (χ0n) is 11.0. The van der Waals surface area contributed by atoms with Gasteiger partial charge in [0.1, 0.15) is 6.04 Å². The van der Waals surface area contributed by atoms with Gasteiger partial charge in [-0.15, -0.1) is 0 Å². The van der Waals surface area contributed by atoms with E-state index in [2.05, 4.69) is 0 Å². The van der Waals surface area contributed by atoms with E-state index in [0.29, 0.717) is 11.1 Å². The molecule has 1 aromatic carbocycles. The molecule has 1 aromatic rings. The number of benzene rings is 1. The summed E-state index contributed by atoms with van der Waals surface area (Å²) in [4.78, 5) is 28.9. The predicted molar refractivity (Wildman–Crippen MR) is 75.5 cm³/mol. The fourth-order valence-electron chi connectivity index (χ4n) is 1.95. The molecule has 0 radical (unpaired) electrons. The normalized spacial score (nSPS) is 15.7. The van der Waals surface area contributed by atoms with E-state index in [1.807, 2.05) is 0 Å². The zero-order valence-corrected chi connectivity index (χ0v) is 11.9. The predicted octanol–water partition coefficient (Wildman–Crippen LogP) is 1.31. The van der Waals surface area contributed by atoms with Crippen molar-refractivity contribution in [2.24, 2.45) is 5.73 Å². The van der Waals surface area contributed by atoms with Crippen LogP contribution in [0.1, 0.15) is 18.4 Å². The van der Waals surface area contributed by atoms with Gasteiger partial charge in [-0.2, -0.15) is 0 Å². The Labute approximate surface area is 117 Å². The second-order valence-electron chi connectivity index (χ2n) is 4.55. The number of aliphatic carboxylic acids is 1. The van der Waals surface area contributed by atoms with Gasteiger partial charge in [-0.1, -0.05) is 42.0 Å². The Bertz CT molecular complexity index is 537. The molecule has 0 aromatic heterocycles. The van der Waals surface area contributed by atoms with Crippen LogP contribution < -0.4 is 5.73 Å². The number of allylic oxidation sites excluding steroid dienone is 1. The van der Waals surface area contributed by atoms with Gasteiger partial charge in [-0.05, 0) is 12.5 Å². The van der Waals surface area contributed by atoms with Gasteiger partial charge in [-0.25, -0.2) is 0 Å². The van der Waals surface area contributed by atoms with Crippen LogP contribution in [-0.4, -0.2) is 33.1 Å². The number of nitrogens with two attached hydrogens (primary N) is 1. The quantitative estimate of drug-likeness (QED) is 0.464. The number of hydrogen-bond donors (Lipinski definition) is 4. The molecule has 0 amide bonds. The van der Waals surface area contributed by atoms with Crippen LogP contribution in [0.3, 0.4) is 0 Å². The Kier molecular flexibility index (Phi) is 5.65. The largest absolute Gasteiger partial charge is 0.480 e. The van der Waals surface area contributed by atoms with Crippen LogP contribution >= 0.6 is 7.60 Å². The first-order valence-corrected chi connectivity index (χ1v) is 7.76. The third-order valence-corrected chi connectivity index (χ3v) is 3.60. The van der Waals surface area contributed by atoms with Crippen LogP contribution in [-0.2, 0) is 9.36 Å². The highest BCUT2D eigenvalue weighted by atomic mass is 31.2. The summed E-state index contributed by atoms with van der Waals surface area (Å²) in [5.74, 6) is -1.79. The van der Waals surface area contributed by atoms with E-state index >= 15 is 0 Å². The second-order valence-corrected chi connectivity index (χ2v) is 6.24. The van der Waals surface area contributed by atoms with E-state index in [-0.39, 0.29) is 0 Å². The Balaban J connectivity index is 3.12. The van der Waals surface area contributed by atoms with E-state index in [1.165, 1.54) is 6.08 Å². The summed E-state index contributed by atoms with van der Waals surface area (Å²) in [6.07, 6.45) is 0.912. The molecule has 7 heteroatoms. The van der Waals surface area contributed by atoms with Crippen molar-refractivity contribution in [1.82, 2.24) is 0 Å². The summed E-state index contributed by atoms with van der Waals surface area (Å²) in [5.41, 5.74) is 6.92. The molecule has 0 unspecified atom stereocenters. The van der Waals surface area contributed by atoms with Gasteiger partial charge in [0.2, 0.25) is 0 Å². The summed E-state index contributed by atoms with van der Waals surface area (Å²) >= 11 is 0. The van der Waals surface area contributed by atoms with Crippen LogP contribution in [0, 0.1) is 0 Å². The molecule has 0 heterocycles. The van der Waals surface area contributed by atoms with E-state index in [0.717, 1.165) is 0 Å². The van der Waals surface area contributed by atoms with Gasteiger partial charge < -0.3 is 20.6 Å². The SMILES string of the molecule is C/C(=C\CP(=O)(O)O)[C@@H](c1ccccc1)[C@@H](N)C(=O)O. The molecular weight excluding hydrogens is 281 g/mol. The van der Waals surface area contributed by atoms with Crippen molar-refractivity contribution in [3.8, 4) is 0 Å². The third-order valence-electron chi connectivity index (χ3n) is 2.94. The molecule has 0 fully saturated rings. The zero-order chi connectivity index (χ0) is 15.3. The molecule has 5 N–H and O–H groups in total. The van der Waals surface area contributed by atoms with Gasteiger partial charge in [-0.3, -0.25) is 9.36 Å². The minimum Gasteiger partial charge on any atom is -0.480 e. The van der Waals surface area contributed by atoms with Gasteiger partial charge in [0.15, 0.2) is 0 Å². The average molecular weight is 299 g/mol. The highest BCUT2D eigenvalue weighted by Crippen LogP contribution is 2.36. The van der Waals surface area contributed by atoms with E-state index in [9.17, 15) is 9.36 Å². The summed E-state index contributed by atoms with van der Waals surface area (Å²) < 4.78 is 10.9. The molecular formula is C13H18NO5P. The highest BCUT2D eigenvalue weighted by molar-refractivity contribution is 7.51. The maximum absolute atomic E-state index is 11.1. The molecule has 6 nitrogen and oxygen atoms in total. The lowest BCUT2D eigenvalue weighted by Crippen LogP contribution is -2.37. The molecule has 0 spiro atoms. The second kappa shape index (κ2) is 6.81. The number of carboxylic acids is 1. The van der Waals surface area contributed by atoms with E-state index in [4.69, 9.17) is 20.6 Å². The molecule has 0 aliphatic rings. The lowest BCUT2D eigenvalue weighted by Gasteiger charge is -2.22. The summed E-state index contributed by atoms with van der Waals surface area (Å²) in [6, 6.07) is 7.61. The molecule has 20 heavy (non-hydrogen) atoms. The van der Waals surface area contributed by atoms with E-state index < -0.39 is 31.7 Å². The van der Waals surface area contributed by atoms with Crippen LogP contribution in [0.4, 0.5) is 0 Å². The topological polar surface area (TPSA) is 121 Å². The van der Waals surface area contributed by atoms with Crippen molar-refractivity contribution in [3.63, 3.8) is 0 Å². The first kappa shape index (κ1) is 16.6. The van der Waals surface area contributed by atoms with Gasteiger partial charge in [0.05, 0.1) is 6.16 Å². The third kappa shape index (κ3) is 4.90. The molecule has 0 bridgehead atoms. The van der Waals surface area contributed by atoms with Crippen LogP contribution in [0.25, 0.3) is 0 Å². The summed E-state index contributed by atoms with van der Waals surface area (Å²) in [6.45, 7) is 1.62. The molecule has 0 saturated carbocycles. The van der Waals surface area contributed by atoms with Crippen LogP contribution in [0.2, 0.25) is 0 Å². The van der Waals surface area contributed by atoms with Gasteiger partial charge in [0.25, 0.3) is 0 Å². The van der Waals surface area contributed by atoms with Crippen molar-refractivity contribution in [3.05, 3.63) is 47.5 Å². The first-order valence-electron chi connectivity index (χ1n) is 5.97. The lowest BCUT2D eigenvalue weighted by molar-refractivity contribution is -0.138. The molecule has 1 rings (SSSR count). The fourth-order valence-corrected chi connectivity index (χ4v) is 2.47. The minimum absolute atomic E-state index is 0.436. The Morgan fingerprint density at radius 3 is 2.35 bits per heavy atom. The number of carbonyl (C=O) groups is 1. The standard InChI is InChI=1S/C13H18NO5P/c1-9(7-8-20(17,18)19)11(12(14)13(15)16)10-5-3-2-4-6-10/h2-7,11-12H,8,14H2,1H3,(H,15,16)(H2,17,18,19)/b9-7+/t11-,12+/m0/s1. The van der Waals surface area contributed by atoms with Crippen molar-refractivity contribution >= 4 is 13.6 Å². The molecule has 0 saturated heterocycles. The highest BCUT2D eigenvalue weighted by Gasteiger charge is 2.27. The monoisotopic (exact) mass is 299 g/mol. The molecule has 0 aliphatic heterocycles. The Morgan fingerprint density at radius 2 is 1.90 bits per heavy atom. The summed E-state index contributed by atoms with van der Waals surface area (Å²) in [5, 5.41) is 9.08. The van der Waals surface area contributed by atoms with E-state index in [1.54, 1.807) is 37.3 Å². The average Bonchev–Trinajstić information content (AvgIpc) is 2.37. The van der Waals surface area contributed by atoms with Crippen LogP contribution in [0.5, 0.6) is 0 Å². The molecule has 2 atom stereocenters. The Morgan fingerprint density at radius 1 is 1.35 bits per heavy atom. The van der Waals surface area contributed by atoms with Crippen LogP contribution in [0.15, 0.2) is 42.0 Å². The number of rotatable bonds is 6. The van der Waals surface area contributed by atoms with Gasteiger partial charge in [0, 0.05) is 5.92 Å². The summed E-state index contributed by atoms with van der Waals surface area (Å²) in [7, 11) is -4.17. The lowest BCUT2D eigenvalue weighted by atomic mass is 9.86. The molecule has 110 valence electrons. The van der Waals surface area contributed by atoms with Crippen molar-refractivity contribution in [1.29, 1.82) is 0 Å². The van der Waals surface area contributed by atoms with Gasteiger partial charge >= 0.3 is 13.6 Å². The van der Waals surface area contributed by atoms with Crippen molar-refractivity contribution in [2.75, 3.05) is 6.16 Å². The number of carboxylic acid groups (broad SMARTS) is 1. The Hall–Kier alpha value is -1.46.